The second-order valence-electron chi connectivity index (χ2n) is 7.87. The number of amides is 1. The zero-order valence-electron chi connectivity index (χ0n) is 15.5. The molecule has 3 N–H and O–H groups in total. The molecule has 3 rings (SSSR count). The number of aromatic hydroxyl groups is 1. The number of phenolic OH excluding ortho intramolecular Hbond substituents is 1. The molecule has 0 radical (unpaired) electrons. The van der Waals surface area contributed by atoms with Gasteiger partial charge in [0, 0.05) is 12.2 Å². The molecule has 0 saturated carbocycles. The molecule has 2 aromatic carbocycles. The Morgan fingerprint density at radius 1 is 1.15 bits per heavy atom. The summed E-state index contributed by atoms with van der Waals surface area (Å²) in [6, 6.07) is 14.4. The molecule has 138 valence electrons. The van der Waals surface area contributed by atoms with Gasteiger partial charge in [-0.25, -0.2) is 0 Å². The minimum atomic E-state index is -0.198. The van der Waals surface area contributed by atoms with Crippen LogP contribution in [0.15, 0.2) is 48.5 Å². The van der Waals surface area contributed by atoms with E-state index in [1.54, 1.807) is 11.0 Å². The fraction of sp³-hybridized carbons (Fsp3) is 0.381. The number of carbonyl (C=O) groups is 1. The Hall–Kier alpha value is -2.53. The SMILES string of the molecule is CC(C)(C)[C@H]1CN(C(=O)c2cc(O)ccc2N)C[C@@H](c2ccccc2)O1. The van der Waals surface area contributed by atoms with E-state index in [9.17, 15) is 9.90 Å². The molecule has 0 unspecified atom stereocenters. The lowest BCUT2D eigenvalue weighted by molar-refractivity contribution is -0.119. The number of hydrogen-bond donors (Lipinski definition) is 2. The van der Waals surface area contributed by atoms with Crippen LogP contribution in [0.25, 0.3) is 0 Å². The van der Waals surface area contributed by atoms with Crippen LogP contribution >= 0.6 is 0 Å². The molecule has 2 atom stereocenters. The van der Waals surface area contributed by atoms with Gasteiger partial charge >= 0.3 is 0 Å². The molecule has 5 nitrogen and oxygen atoms in total. The minimum absolute atomic E-state index is 0.0304. The standard InChI is InChI=1S/C21H26N2O3/c1-21(2,3)19-13-23(12-18(26-19)14-7-5-4-6-8-14)20(25)16-11-15(24)9-10-17(16)22/h4-11,18-19,24H,12-13,22H2,1-3H3/t18-,19+/m0/s1. The van der Waals surface area contributed by atoms with Gasteiger partial charge in [-0.05, 0) is 29.2 Å². The maximum Gasteiger partial charge on any atom is 0.256 e. The highest BCUT2D eigenvalue weighted by Crippen LogP contribution is 2.34. The van der Waals surface area contributed by atoms with Gasteiger partial charge in [0.05, 0.1) is 18.2 Å². The van der Waals surface area contributed by atoms with E-state index in [1.807, 2.05) is 30.3 Å². The zero-order valence-corrected chi connectivity index (χ0v) is 15.5. The van der Waals surface area contributed by atoms with E-state index in [1.165, 1.54) is 12.1 Å². The molecule has 0 spiro atoms. The molecule has 1 aliphatic rings. The van der Waals surface area contributed by atoms with Crippen LogP contribution in [-0.2, 0) is 4.74 Å². The summed E-state index contributed by atoms with van der Waals surface area (Å²) in [5, 5.41) is 9.75. The number of rotatable bonds is 2. The topological polar surface area (TPSA) is 75.8 Å². The van der Waals surface area contributed by atoms with E-state index in [2.05, 4.69) is 20.8 Å². The Kier molecular flexibility index (Phi) is 4.92. The predicted octanol–water partition coefficient (Wildman–Crippen LogP) is 3.60. The number of benzene rings is 2. The van der Waals surface area contributed by atoms with E-state index in [-0.39, 0.29) is 29.3 Å². The van der Waals surface area contributed by atoms with Gasteiger partial charge in [-0.2, -0.15) is 0 Å². The molecule has 0 bridgehead atoms. The van der Waals surface area contributed by atoms with Crippen LogP contribution in [0.1, 0.15) is 42.8 Å². The fourth-order valence-corrected chi connectivity index (χ4v) is 3.15. The van der Waals surface area contributed by atoms with Crippen molar-refractivity contribution in [2.75, 3.05) is 18.8 Å². The van der Waals surface area contributed by atoms with E-state index in [0.717, 1.165) is 5.56 Å². The predicted molar refractivity (Wildman–Crippen MR) is 102 cm³/mol. The van der Waals surface area contributed by atoms with Crippen LogP contribution < -0.4 is 5.73 Å². The average Bonchev–Trinajstić information content (AvgIpc) is 2.63. The van der Waals surface area contributed by atoms with Crippen molar-refractivity contribution in [3.05, 3.63) is 59.7 Å². The third-order valence-corrected chi connectivity index (χ3v) is 4.79. The van der Waals surface area contributed by atoms with Crippen molar-refractivity contribution in [3.63, 3.8) is 0 Å². The maximum absolute atomic E-state index is 13.1. The van der Waals surface area contributed by atoms with Crippen molar-refractivity contribution in [1.82, 2.24) is 4.90 Å². The Morgan fingerprint density at radius 2 is 1.85 bits per heavy atom. The lowest BCUT2D eigenvalue weighted by Crippen LogP contribution is -2.51. The van der Waals surface area contributed by atoms with Crippen molar-refractivity contribution in [2.24, 2.45) is 5.41 Å². The first-order chi connectivity index (χ1) is 12.3. The Bertz CT molecular complexity index is 784. The normalized spacial score (nSPS) is 20.8. The van der Waals surface area contributed by atoms with Gasteiger partial charge in [0.2, 0.25) is 0 Å². The molecule has 0 aliphatic carbocycles. The molecule has 1 fully saturated rings. The third-order valence-electron chi connectivity index (χ3n) is 4.79. The highest BCUT2D eigenvalue weighted by molar-refractivity contribution is 5.99. The first kappa shape index (κ1) is 18.3. The summed E-state index contributed by atoms with van der Waals surface area (Å²) in [5.41, 5.74) is 7.59. The summed E-state index contributed by atoms with van der Waals surface area (Å²) in [6.07, 6.45) is -0.305. The number of nitrogens with two attached hydrogens (primary N) is 1. The summed E-state index contributed by atoms with van der Waals surface area (Å²) in [6.45, 7) is 7.26. The molecule has 5 heteroatoms. The fourth-order valence-electron chi connectivity index (χ4n) is 3.15. The number of nitrogens with zero attached hydrogens (tertiary/aromatic N) is 1. The monoisotopic (exact) mass is 354 g/mol. The number of hydrogen-bond acceptors (Lipinski definition) is 4. The van der Waals surface area contributed by atoms with Crippen molar-refractivity contribution in [2.45, 2.75) is 33.0 Å². The number of ether oxygens (including phenoxy) is 1. The molecule has 0 aromatic heterocycles. The highest BCUT2D eigenvalue weighted by Gasteiger charge is 2.38. The molecular formula is C21H26N2O3. The average molecular weight is 354 g/mol. The largest absolute Gasteiger partial charge is 0.508 e. The minimum Gasteiger partial charge on any atom is -0.508 e. The van der Waals surface area contributed by atoms with E-state index in [4.69, 9.17) is 10.5 Å². The summed E-state index contributed by atoms with van der Waals surface area (Å²) in [7, 11) is 0. The van der Waals surface area contributed by atoms with Crippen molar-refractivity contribution < 1.29 is 14.6 Å². The summed E-state index contributed by atoms with van der Waals surface area (Å²) >= 11 is 0. The van der Waals surface area contributed by atoms with Crippen molar-refractivity contribution in [1.29, 1.82) is 0 Å². The van der Waals surface area contributed by atoms with Gasteiger partial charge < -0.3 is 20.5 Å². The van der Waals surface area contributed by atoms with E-state index in [0.29, 0.717) is 24.3 Å². The van der Waals surface area contributed by atoms with Gasteiger partial charge in [-0.15, -0.1) is 0 Å². The van der Waals surface area contributed by atoms with Crippen LogP contribution in [-0.4, -0.2) is 35.1 Å². The summed E-state index contributed by atoms with van der Waals surface area (Å²) in [4.78, 5) is 14.9. The smallest absolute Gasteiger partial charge is 0.256 e. The Balaban J connectivity index is 1.92. The van der Waals surface area contributed by atoms with Crippen molar-refractivity contribution >= 4 is 11.6 Å². The molecule has 1 amide bonds. The first-order valence-electron chi connectivity index (χ1n) is 8.84. The molecular weight excluding hydrogens is 328 g/mol. The molecule has 1 aliphatic heterocycles. The van der Waals surface area contributed by atoms with Crippen molar-refractivity contribution in [3.8, 4) is 5.75 Å². The number of morpholine rings is 1. The second kappa shape index (κ2) is 7.00. The number of nitrogen functional groups attached to an aromatic ring is 1. The van der Waals surface area contributed by atoms with Gasteiger partial charge in [-0.1, -0.05) is 51.1 Å². The lowest BCUT2D eigenvalue weighted by atomic mass is 9.87. The Labute approximate surface area is 154 Å². The third kappa shape index (κ3) is 3.83. The summed E-state index contributed by atoms with van der Waals surface area (Å²) in [5.74, 6) is -0.153. The van der Waals surface area contributed by atoms with E-state index >= 15 is 0 Å². The van der Waals surface area contributed by atoms with E-state index < -0.39 is 0 Å². The van der Waals surface area contributed by atoms with Crippen LogP contribution in [0.3, 0.4) is 0 Å². The quantitative estimate of drug-likeness (QED) is 0.638. The van der Waals surface area contributed by atoms with Crippen LogP contribution in [0.2, 0.25) is 0 Å². The number of phenols is 1. The van der Waals surface area contributed by atoms with Gasteiger partial charge in [0.15, 0.2) is 0 Å². The molecule has 26 heavy (non-hydrogen) atoms. The summed E-state index contributed by atoms with van der Waals surface area (Å²) < 4.78 is 6.33. The van der Waals surface area contributed by atoms with Gasteiger partial charge in [0.25, 0.3) is 5.91 Å². The van der Waals surface area contributed by atoms with Crippen LogP contribution in [0, 0.1) is 5.41 Å². The molecule has 2 aromatic rings. The zero-order chi connectivity index (χ0) is 18.9. The Morgan fingerprint density at radius 3 is 2.50 bits per heavy atom. The number of anilines is 1. The van der Waals surface area contributed by atoms with Crippen LogP contribution in [0.4, 0.5) is 5.69 Å². The molecule has 1 saturated heterocycles. The molecule has 1 heterocycles. The van der Waals surface area contributed by atoms with Gasteiger partial charge in [-0.3, -0.25) is 4.79 Å². The lowest BCUT2D eigenvalue weighted by Gasteiger charge is -2.43. The number of carbonyl (C=O) groups excluding carboxylic acids is 1. The van der Waals surface area contributed by atoms with Crippen LogP contribution in [0.5, 0.6) is 5.75 Å². The maximum atomic E-state index is 13.1. The van der Waals surface area contributed by atoms with Gasteiger partial charge in [0.1, 0.15) is 11.9 Å². The first-order valence-corrected chi connectivity index (χ1v) is 8.84. The highest BCUT2D eigenvalue weighted by atomic mass is 16.5. The second-order valence-corrected chi connectivity index (χ2v) is 7.87.